The lowest BCUT2D eigenvalue weighted by Gasteiger charge is -2.11. The van der Waals surface area contributed by atoms with Gasteiger partial charge in [0.15, 0.2) is 0 Å². The van der Waals surface area contributed by atoms with Gasteiger partial charge >= 0.3 is 5.97 Å². The Morgan fingerprint density at radius 2 is 1.83 bits per heavy atom. The normalized spacial score (nSPS) is 10.1. The average Bonchev–Trinajstić information content (AvgIpc) is 2.38. The molecule has 0 unspecified atom stereocenters. The molecule has 0 spiro atoms. The van der Waals surface area contributed by atoms with Crippen molar-refractivity contribution in [3.63, 3.8) is 0 Å². The zero-order valence-electron chi connectivity index (χ0n) is 10.3. The highest BCUT2D eigenvalue weighted by Crippen LogP contribution is 2.32. The molecule has 18 heavy (non-hydrogen) atoms. The number of phenolic OH excluding ortho intramolecular Hbond substituents is 1. The van der Waals surface area contributed by atoms with Gasteiger partial charge in [0.2, 0.25) is 0 Å². The summed E-state index contributed by atoms with van der Waals surface area (Å²) >= 11 is 0. The zero-order valence-corrected chi connectivity index (χ0v) is 10.3. The van der Waals surface area contributed by atoms with Gasteiger partial charge in [-0.1, -0.05) is 36.4 Å². The molecular formula is C15H14O3. The van der Waals surface area contributed by atoms with E-state index >= 15 is 0 Å². The van der Waals surface area contributed by atoms with Crippen molar-refractivity contribution in [2.24, 2.45) is 0 Å². The van der Waals surface area contributed by atoms with E-state index in [9.17, 15) is 9.90 Å². The average molecular weight is 242 g/mol. The molecule has 0 radical (unpaired) electrons. The predicted octanol–water partition coefficient (Wildman–Crippen LogP) is 3.15. The Labute approximate surface area is 106 Å². The minimum Gasteiger partial charge on any atom is -0.507 e. The lowest BCUT2D eigenvalue weighted by molar-refractivity contribution is 0.0598. The first kappa shape index (κ1) is 12.2. The lowest BCUT2D eigenvalue weighted by atomic mass is 9.96. The predicted molar refractivity (Wildman–Crippen MR) is 69.6 cm³/mol. The molecule has 2 rings (SSSR count). The number of esters is 1. The third-order valence-electron chi connectivity index (χ3n) is 2.74. The molecule has 0 saturated heterocycles. The maximum atomic E-state index is 11.8. The number of carbonyl (C=O) groups excluding carboxylic acids is 1. The van der Waals surface area contributed by atoms with Gasteiger partial charge in [-0.2, -0.15) is 0 Å². The number of hydrogen-bond donors (Lipinski definition) is 1. The first-order valence-corrected chi connectivity index (χ1v) is 5.61. The van der Waals surface area contributed by atoms with Gasteiger partial charge in [-0.3, -0.25) is 0 Å². The minimum absolute atomic E-state index is 0.0549. The molecule has 92 valence electrons. The Morgan fingerprint density at radius 1 is 1.17 bits per heavy atom. The molecule has 0 amide bonds. The Kier molecular flexibility index (Phi) is 3.33. The SMILES string of the molecule is COC(=O)c1c(O)cc(C)cc1-c1ccccc1. The molecule has 3 nitrogen and oxygen atoms in total. The standard InChI is InChI=1S/C15H14O3/c1-10-8-12(11-6-4-3-5-7-11)14(13(16)9-10)15(17)18-2/h3-9,16H,1-2H3. The van der Waals surface area contributed by atoms with Crippen molar-refractivity contribution in [1.82, 2.24) is 0 Å². The number of ether oxygens (including phenoxy) is 1. The van der Waals surface area contributed by atoms with Gasteiger partial charge in [-0.05, 0) is 24.1 Å². The molecule has 0 aliphatic heterocycles. The van der Waals surface area contributed by atoms with E-state index in [1.54, 1.807) is 6.07 Å². The third kappa shape index (κ3) is 2.20. The van der Waals surface area contributed by atoms with E-state index in [1.807, 2.05) is 43.3 Å². The molecule has 2 aromatic carbocycles. The van der Waals surface area contributed by atoms with E-state index in [1.165, 1.54) is 7.11 Å². The second kappa shape index (κ2) is 4.92. The van der Waals surface area contributed by atoms with Crippen LogP contribution in [0.1, 0.15) is 15.9 Å². The van der Waals surface area contributed by atoms with Crippen LogP contribution in [0.4, 0.5) is 0 Å². The van der Waals surface area contributed by atoms with E-state index < -0.39 is 5.97 Å². The van der Waals surface area contributed by atoms with Gasteiger partial charge in [0, 0.05) is 5.56 Å². The summed E-state index contributed by atoms with van der Waals surface area (Å²) in [5, 5.41) is 9.93. The molecule has 0 aromatic heterocycles. The van der Waals surface area contributed by atoms with E-state index in [0.717, 1.165) is 11.1 Å². The Morgan fingerprint density at radius 3 is 2.44 bits per heavy atom. The molecule has 0 heterocycles. The number of hydrogen-bond acceptors (Lipinski definition) is 3. The number of methoxy groups -OCH3 is 1. The van der Waals surface area contributed by atoms with Crippen LogP contribution >= 0.6 is 0 Å². The quantitative estimate of drug-likeness (QED) is 0.823. The third-order valence-corrected chi connectivity index (χ3v) is 2.74. The first-order valence-electron chi connectivity index (χ1n) is 5.61. The number of rotatable bonds is 2. The maximum absolute atomic E-state index is 11.8. The van der Waals surface area contributed by atoms with Gasteiger partial charge in [-0.15, -0.1) is 0 Å². The number of carbonyl (C=O) groups is 1. The van der Waals surface area contributed by atoms with Crippen molar-refractivity contribution in [1.29, 1.82) is 0 Å². The summed E-state index contributed by atoms with van der Waals surface area (Å²) in [6.07, 6.45) is 0. The van der Waals surface area contributed by atoms with Crippen LogP contribution in [0.3, 0.4) is 0 Å². The molecule has 1 N–H and O–H groups in total. The van der Waals surface area contributed by atoms with Crippen LogP contribution in [0.15, 0.2) is 42.5 Å². The van der Waals surface area contributed by atoms with Crippen LogP contribution < -0.4 is 0 Å². The fourth-order valence-electron chi connectivity index (χ4n) is 1.93. The van der Waals surface area contributed by atoms with E-state index in [0.29, 0.717) is 5.56 Å². The van der Waals surface area contributed by atoms with Crippen molar-refractivity contribution in [2.75, 3.05) is 7.11 Å². The summed E-state index contributed by atoms with van der Waals surface area (Å²) < 4.78 is 4.72. The van der Waals surface area contributed by atoms with Gasteiger partial charge in [0.1, 0.15) is 11.3 Å². The number of aromatic hydroxyl groups is 1. The van der Waals surface area contributed by atoms with E-state index in [2.05, 4.69) is 0 Å². The molecule has 0 bridgehead atoms. The van der Waals surface area contributed by atoms with Crippen molar-refractivity contribution in [2.45, 2.75) is 6.92 Å². The molecule has 2 aromatic rings. The van der Waals surface area contributed by atoms with Crippen LogP contribution in [-0.4, -0.2) is 18.2 Å². The number of benzene rings is 2. The number of aryl methyl sites for hydroxylation is 1. The molecule has 3 heteroatoms. The lowest BCUT2D eigenvalue weighted by Crippen LogP contribution is -2.04. The van der Waals surface area contributed by atoms with Gasteiger partial charge in [0.05, 0.1) is 7.11 Å². The fraction of sp³-hybridized carbons (Fsp3) is 0.133. The molecule has 0 aliphatic rings. The van der Waals surface area contributed by atoms with E-state index in [-0.39, 0.29) is 11.3 Å². The first-order chi connectivity index (χ1) is 8.63. The zero-order chi connectivity index (χ0) is 13.1. The van der Waals surface area contributed by atoms with Crippen LogP contribution in [0, 0.1) is 6.92 Å². The van der Waals surface area contributed by atoms with Crippen molar-refractivity contribution in [3.8, 4) is 16.9 Å². The van der Waals surface area contributed by atoms with Crippen LogP contribution in [0.5, 0.6) is 5.75 Å². The molecular weight excluding hydrogens is 228 g/mol. The Balaban J connectivity index is 2.69. The summed E-state index contributed by atoms with van der Waals surface area (Å²) in [5.41, 5.74) is 2.64. The van der Waals surface area contributed by atoms with E-state index in [4.69, 9.17) is 4.74 Å². The van der Waals surface area contributed by atoms with Crippen LogP contribution in [-0.2, 0) is 4.74 Å². The topological polar surface area (TPSA) is 46.5 Å². The van der Waals surface area contributed by atoms with Gasteiger partial charge in [0.25, 0.3) is 0 Å². The highest BCUT2D eigenvalue weighted by molar-refractivity contribution is 6.00. The van der Waals surface area contributed by atoms with Crippen LogP contribution in [0.2, 0.25) is 0 Å². The minimum atomic E-state index is -0.536. The number of phenols is 1. The highest BCUT2D eigenvalue weighted by Gasteiger charge is 2.18. The summed E-state index contributed by atoms with van der Waals surface area (Å²) in [4.78, 5) is 11.8. The summed E-state index contributed by atoms with van der Waals surface area (Å²) in [5.74, 6) is -0.591. The van der Waals surface area contributed by atoms with Crippen LogP contribution in [0.25, 0.3) is 11.1 Å². The summed E-state index contributed by atoms with van der Waals surface area (Å²) in [6, 6.07) is 12.9. The molecule has 0 fully saturated rings. The van der Waals surface area contributed by atoms with Gasteiger partial charge in [-0.25, -0.2) is 4.79 Å². The monoisotopic (exact) mass is 242 g/mol. The molecule has 0 atom stereocenters. The maximum Gasteiger partial charge on any atom is 0.342 e. The Hall–Kier alpha value is -2.29. The summed E-state index contributed by atoms with van der Waals surface area (Å²) in [6.45, 7) is 1.87. The Bertz CT molecular complexity index is 574. The largest absolute Gasteiger partial charge is 0.507 e. The smallest absolute Gasteiger partial charge is 0.342 e. The molecule has 0 aliphatic carbocycles. The van der Waals surface area contributed by atoms with Crippen molar-refractivity contribution < 1.29 is 14.6 Å². The fourth-order valence-corrected chi connectivity index (χ4v) is 1.93. The summed E-state index contributed by atoms with van der Waals surface area (Å²) in [7, 11) is 1.30. The van der Waals surface area contributed by atoms with Crippen molar-refractivity contribution in [3.05, 3.63) is 53.6 Å². The van der Waals surface area contributed by atoms with Crippen molar-refractivity contribution >= 4 is 5.97 Å². The van der Waals surface area contributed by atoms with Gasteiger partial charge < -0.3 is 9.84 Å². The second-order valence-electron chi connectivity index (χ2n) is 4.06. The molecule has 0 saturated carbocycles. The highest BCUT2D eigenvalue weighted by atomic mass is 16.5. The second-order valence-corrected chi connectivity index (χ2v) is 4.06.